The number of nitrogens with one attached hydrogen (secondary N) is 2. The Hall–Kier alpha value is -2.75. The summed E-state index contributed by atoms with van der Waals surface area (Å²) in [6.45, 7) is 5.83. The number of benzene rings is 1. The summed E-state index contributed by atoms with van der Waals surface area (Å²) < 4.78 is 36.9. The summed E-state index contributed by atoms with van der Waals surface area (Å²) in [5, 5.41) is 2.19. The quantitative estimate of drug-likeness (QED) is 0.618. The highest BCUT2D eigenvalue weighted by Crippen LogP contribution is 2.27. The number of carbonyl (C=O) groups excluding carboxylic acids is 3. The van der Waals surface area contributed by atoms with Gasteiger partial charge < -0.3 is 19.8 Å². The average molecular weight is 473 g/mol. The number of amides is 1. The summed E-state index contributed by atoms with van der Waals surface area (Å²) in [4.78, 5) is 39.2. The Balaban J connectivity index is 2.06. The molecule has 0 unspecified atom stereocenters. The molecule has 0 spiro atoms. The molecular formula is C19H19BrF2N2O5. The van der Waals surface area contributed by atoms with Gasteiger partial charge in [0.2, 0.25) is 0 Å². The maximum absolute atomic E-state index is 13.8. The van der Waals surface area contributed by atoms with Gasteiger partial charge in [-0.3, -0.25) is 4.79 Å². The highest BCUT2D eigenvalue weighted by Gasteiger charge is 2.25. The van der Waals surface area contributed by atoms with Crippen LogP contribution in [-0.4, -0.2) is 35.5 Å². The van der Waals surface area contributed by atoms with E-state index in [1.54, 1.807) is 27.7 Å². The molecule has 0 radical (unpaired) electrons. The average Bonchev–Trinajstić information content (AvgIpc) is 2.89. The molecule has 7 nitrogen and oxygen atoms in total. The Labute approximate surface area is 173 Å². The molecule has 0 aliphatic rings. The summed E-state index contributed by atoms with van der Waals surface area (Å²) in [6, 6.07) is 1.59. The smallest absolute Gasteiger partial charge is 0.355 e. The van der Waals surface area contributed by atoms with Gasteiger partial charge in [-0.25, -0.2) is 18.4 Å². The number of aromatic nitrogens is 1. The summed E-state index contributed by atoms with van der Waals surface area (Å²) >= 11 is 2.94. The third-order valence-corrected chi connectivity index (χ3v) is 4.42. The molecule has 0 atom stereocenters. The Kier molecular flexibility index (Phi) is 7.12. The minimum absolute atomic E-state index is 0.000138. The van der Waals surface area contributed by atoms with E-state index < -0.39 is 36.1 Å². The number of aromatic amines is 1. The van der Waals surface area contributed by atoms with E-state index in [0.717, 1.165) is 6.07 Å². The first-order valence-corrected chi connectivity index (χ1v) is 9.32. The van der Waals surface area contributed by atoms with Crippen LogP contribution in [0.4, 0.5) is 14.5 Å². The van der Waals surface area contributed by atoms with Crippen molar-refractivity contribution in [2.75, 3.05) is 11.9 Å². The van der Waals surface area contributed by atoms with Crippen molar-refractivity contribution in [1.82, 2.24) is 4.98 Å². The van der Waals surface area contributed by atoms with Crippen LogP contribution in [0.3, 0.4) is 0 Å². The van der Waals surface area contributed by atoms with Crippen molar-refractivity contribution in [2.24, 2.45) is 0 Å². The molecule has 156 valence electrons. The summed E-state index contributed by atoms with van der Waals surface area (Å²) in [5.41, 5.74) is 0.679. The van der Waals surface area contributed by atoms with Gasteiger partial charge in [-0.2, -0.15) is 0 Å². The first-order valence-electron chi connectivity index (χ1n) is 8.52. The number of hydrogen-bond donors (Lipinski definition) is 2. The topological polar surface area (TPSA) is 97.5 Å². The lowest BCUT2D eigenvalue weighted by atomic mass is 10.1. The van der Waals surface area contributed by atoms with Gasteiger partial charge >= 0.3 is 11.9 Å². The molecule has 0 saturated carbocycles. The molecule has 0 bridgehead atoms. The molecule has 0 aliphatic heterocycles. The summed E-state index contributed by atoms with van der Waals surface area (Å²) in [5.74, 6) is -4.09. The summed E-state index contributed by atoms with van der Waals surface area (Å²) in [6.07, 6.45) is -0.332. The van der Waals surface area contributed by atoms with Crippen LogP contribution in [-0.2, 0) is 14.3 Å². The van der Waals surface area contributed by atoms with E-state index in [-0.39, 0.29) is 27.5 Å². The molecule has 2 aromatic rings. The van der Waals surface area contributed by atoms with E-state index in [1.807, 2.05) is 0 Å². The highest BCUT2D eigenvalue weighted by atomic mass is 79.9. The standard InChI is InChI=1S/C19H19BrF2N2O5/c1-8(2)29-18(26)15-9(3)16(23-10(15)4)19(27)28-7-14(25)24-17-12(20)5-11(21)6-13(17)22/h5-6,8,23H,7H2,1-4H3,(H,24,25). The van der Waals surface area contributed by atoms with Gasteiger partial charge in [-0.05, 0) is 55.3 Å². The molecule has 1 aromatic heterocycles. The molecule has 1 aromatic carbocycles. The van der Waals surface area contributed by atoms with E-state index in [0.29, 0.717) is 17.3 Å². The van der Waals surface area contributed by atoms with Crippen molar-refractivity contribution >= 4 is 39.5 Å². The fourth-order valence-corrected chi connectivity index (χ4v) is 3.08. The molecule has 0 fully saturated rings. The number of H-pyrrole nitrogens is 1. The van der Waals surface area contributed by atoms with Crippen LogP contribution in [0.1, 0.15) is 46.0 Å². The normalized spacial score (nSPS) is 10.8. The second kappa shape index (κ2) is 9.17. The zero-order valence-electron chi connectivity index (χ0n) is 16.1. The number of halogens is 3. The molecular weight excluding hydrogens is 454 g/mol. The first-order chi connectivity index (χ1) is 13.5. The van der Waals surface area contributed by atoms with Crippen LogP contribution in [0, 0.1) is 25.5 Å². The number of ether oxygens (including phenoxy) is 2. The van der Waals surface area contributed by atoms with Crippen molar-refractivity contribution in [3.63, 3.8) is 0 Å². The Morgan fingerprint density at radius 2 is 1.83 bits per heavy atom. The Morgan fingerprint density at radius 1 is 1.17 bits per heavy atom. The highest BCUT2D eigenvalue weighted by molar-refractivity contribution is 9.10. The van der Waals surface area contributed by atoms with Gasteiger partial charge in [-0.15, -0.1) is 0 Å². The predicted molar refractivity (Wildman–Crippen MR) is 104 cm³/mol. The maximum atomic E-state index is 13.8. The van der Waals surface area contributed by atoms with Gasteiger partial charge in [0.25, 0.3) is 5.91 Å². The van der Waals surface area contributed by atoms with Crippen LogP contribution in [0.2, 0.25) is 0 Å². The largest absolute Gasteiger partial charge is 0.459 e. The molecule has 0 aliphatic carbocycles. The van der Waals surface area contributed by atoms with Gasteiger partial charge in [0, 0.05) is 16.2 Å². The SMILES string of the molecule is Cc1[nH]c(C(=O)OCC(=O)Nc2c(F)cc(F)cc2Br)c(C)c1C(=O)OC(C)C. The molecule has 2 N–H and O–H groups in total. The lowest BCUT2D eigenvalue weighted by Crippen LogP contribution is -2.22. The van der Waals surface area contributed by atoms with E-state index >= 15 is 0 Å². The van der Waals surface area contributed by atoms with Crippen LogP contribution < -0.4 is 5.32 Å². The second-order valence-electron chi connectivity index (χ2n) is 6.45. The minimum Gasteiger partial charge on any atom is -0.459 e. The van der Waals surface area contributed by atoms with Crippen molar-refractivity contribution in [3.05, 3.63) is 50.8 Å². The van der Waals surface area contributed by atoms with Crippen LogP contribution in [0.15, 0.2) is 16.6 Å². The van der Waals surface area contributed by atoms with Crippen LogP contribution in [0.25, 0.3) is 0 Å². The molecule has 0 saturated heterocycles. The van der Waals surface area contributed by atoms with Crippen molar-refractivity contribution in [2.45, 2.75) is 33.8 Å². The zero-order valence-corrected chi connectivity index (χ0v) is 17.7. The lowest BCUT2D eigenvalue weighted by Gasteiger charge is -2.09. The number of aryl methyl sites for hydroxylation is 1. The molecule has 29 heavy (non-hydrogen) atoms. The van der Waals surface area contributed by atoms with Gasteiger partial charge in [0.1, 0.15) is 11.5 Å². The summed E-state index contributed by atoms with van der Waals surface area (Å²) in [7, 11) is 0. The van der Waals surface area contributed by atoms with E-state index in [9.17, 15) is 23.2 Å². The van der Waals surface area contributed by atoms with E-state index in [2.05, 4.69) is 26.2 Å². The Bertz CT molecular complexity index is 949. The minimum atomic E-state index is -0.985. The predicted octanol–water partition coefficient (Wildman–Crippen LogP) is 4.03. The van der Waals surface area contributed by atoms with Gasteiger partial charge in [-0.1, -0.05) is 0 Å². The van der Waals surface area contributed by atoms with Crippen molar-refractivity contribution in [1.29, 1.82) is 0 Å². The van der Waals surface area contributed by atoms with Crippen molar-refractivity contribution < 1.29 is 32.6 Å². The molecule has 1 heterocycles. The zero-order chi connectivity index (χ0) is 21.9. The Morgan fingerprint density at radius 3 is 2.41 bits per heavy atom. The number of hydrogen-bond acceptors (Lipinski definition) is 5. The third-order valence-electron chi connectivity index (χ3n) is 3.79. The monoisotopic (exact) mass is 472 g/mol. The fourth-order valence-electron chi connectivity index (χ4n) is 2.57. The third kappa shape index (κ3) is 5.41. The molecule has 10 heteroatoms. The van der Waals surface area contributed by atoms with Gasteiger partial charge in [0.15, 0.2) is 12.4 Å². The maximum Gasteiger partial charge on any atom is 0.355 e. The number of anilines is 1. The van der Waals surface area contributed by atoms with Gasteiger partial charge in [0.05, 0.1) is 17.4 Å². The first kappa shape index (κ1) is 22.5. The van der Waals surface area contributed by atoms with Crippen LogP contribution in [0.5, 0.6) is 0 Å². The second-order valence-corrected chi connectivity index (χ2v) is 7.30. The number of rotatable bonds is 6. The van der Waals surface area contributed by atoms with Crippen molar-refractivity contribution in [3.8, 4) is 0 Å². The van der Waals surface area contributed by atoms with Crippen LogP contribution >= 0.6 is 15.9 Å². The lowest BCUT2D eigenvalue weighted by molar-refractivity contribution is -0.119. The fraction of sp³-hybridized carbons (Fsp3) is 0.316. The van der Waals surface area contributed by atoms with E-state index in [4.69, 9.17) is 9.47 Å². The number of esters is 2. The van der Waals surface area contributed by atoms with E-state index in [1.165, 1.54) is 0 Å². The number of carbonyl (C=O) groups is 3. The molecule has 2 rings (SSSR count). The molecule has 1 amide bonds.